The van der Waals surface area contributed by atoms with Crippen LogP contribution in [0.15, 0.2) is 79.0 Å². The summed E-state index contributed by atoms with van der Waals surface area (Å²) in [5.41, 5.74) is 2.83. The monoisotopic (exact) mass is 410 g/mol. The van der Waals surface area contributed by atoms with Crippen molar-refractivity contribution in [3.05, 3.63) is 95.8 Å². The molecule has 3 rings (SSSR count). The first-order valence-electron chi connectivity index (χ1n) is 9.61. The molecule has 0 saturated heterocycles. The number of rotatable bonds is 10. The number of hydrogen-bond donors (Lipinski definition) is 0. The van der Waals surface area contributed by atoms with Gasteiger partial charge in [0.15, 0.2) is 0 Å². The second-order valence-corrected chi connectivity index (χ2v) is 8.89. The molecular weight excluding hydrogens is 384 g/mol. The summed E-state index contributed by atoms with van der Waals surface area (Å²) in [7, 11) is -1.83. The number of sulfonamides is 1. The Morgan fingerprint density at radius 1 is 0.862 bits per heavy atom. The maximum Gasteiger partial charge on any atom is 0.214 e. The molecule has 1 heterocycles. The zero-order chi connectivity index (χ0) is 20.5. The Morgan fingerprint density at radius 3 is 2.21 bits per heavy atom. The quantitative estimate of drug-likeness (QED) is 0.511. The fraction of sp³-hybridized carbons (Fsp3) is 0.261. The van der Waals surface area contributed by atoms with Crippen molar-refractivity contribution in [3.8, 4) is 5.75 Å². The fourth-order valence-electron chi connectivity index (χ4n) is 3.06. The minimum Gasteiger partial charge on any atom is -0.497 e. The number of ether oxygens (including phenoxy) is 1. The van der Waals surface area contributed by atoms with Crippen LogP contribution >= 0.6 is 0 Å². The predicted octanol–water partition coefficient (Wildman–Crippen LogP) is 3.71. The summed E-state index contributed by atoms with van der Waals surface area (Å²) in [6, 6.07) is 23.0. The lowest BCUT2D eigenvalue weighted by Gasteiger charge is -2.22. The van der Waals surface area contributed by atoms with E-state index >= 15 is 0 Å². The Bertz CT molecular complexity index is 976. The molecule has 1 aromatic heterocycles. The minimum absolute atomic E-state index is 0.0565. The van der Waals surface area contributed by atoms with Gasteiger partial charge in [-0.3, -0.25) is 4.98 Å². The third-order valence-electron chi connectivity index (χ3n) is 4.76. The van der Waals surface area contributed by atoms with Gasteiger partial charge in [0.05, 0.1) is 25.1 Å². The Hall–Kier alpha value is -2.70. The molecule has 0 bridgehead atoms. The van der Waals surface area contributed by atoms with Crippen molar-refractivity contribution >= 4 is 10.0 Å². The molecule has 0 amide bonds. The molecular formula is C23H26N2O3S. The van der Waals surface area contributed by atoms with Crippen LogP contribution in [-0.2, 0) is 29.4 Å². The first kappa shape index (κ1) is 21.0. The molecule has 0 unspecified atom stereocenters. The number of hydrogen-bond acceptors (Lipinski definition) is 4. The summed E-state index contributed by atoms with van der Waals surface area (Å²) in [5.74, 6) is 0.817. The lowest BCUT2D eigenvalue weighted by Crippen LogP contribution is -2.35. The van der Waals surface area contributed by atoms with Gasteiger partial charge < -0.3 is 4.74 Å². The van der Waals surface area contributed by atoms with Crippen LogP contribution in [-0.4, -0.2) is 37.1 Å². The molecule has 0 spiro atoms. The maximum absolute atomic E-state index is 13.1. The second-order valence-electron chi connectivity index (χ2n) is 6.80. The summed E-state index contributed by atoms with van der Waals surface area (Å²) >= 11 is 0. The largest absolute Gasteiger partial charge is 0.497 e. The average Bonchev–Trinajstić information content (AvgIpc) is 2.77. The van der Waals surface area contributed by atoms with Gasteiger partial charge in [-0.15, -0.1) is 0 Å². The van der Waals surface area contributed by atoms with Crippen LogP contribution in [0.3, 0.4) is 0 Å². The van der Waals surface area contributed by atoms with E-state index in [-0.39, 0.29) is 12.3 Å². The van der Waals surface area contributed by atoms with Crippen molar-refractivity contribution < 1.29 is 13.2 Å². The van der Waals surface area contributed by atoms with E-state index in [9.17, 15) is 8.42 Å². The number of pyridine rings is 1. The van der Waals surface area contributed by atoms with E-state index in [1.807, 2.05) is 72.8 Å². The van der Waals surface area contributed by atoms with Gasteiger partial charge in [-0.25, -0.2) is 8.42 Å². The summed E-state index contributed by atoms with van der Waals surface area (Å²) in [5, 5.41) is 0. The van der Waals surface area contributed by atoms with Crippen LogP contribution in [0.2, 0.25) is 0 Å². The van der Waals surface area contributed by atoms with Crippen molar-refractivity contribution in [2.75, 3.05) is 19.4 Å². The van der Waals surface area contributed by atoms with E-state index in [0.717, 1.165) is 22.6 Å². The molecule has 2 aromatic carbocycles. The van der Waals surface area contributed by atoms with Crippen molar-refractivity contribution in [1.29, 1.82) is 0 Å². The summed E-state index contributed by atoms with van der Waals surface area (Å²) in [6.07, 6.45) is 2.81. The van der Waals surface area contributed by atoms with E-state index in [1.54, 1.807) is 17.6 Å². The Labute approximate surface area is 173 Å². The number of nitrogens with zero attached hydrogens (tertiary/aromatic N) is 2. The smallest absolute Gasteiger partial charge is 0.214 e. The van der Waals surface area contributed by atoms with Gasteiger partial charge in [0.1, 0.15) is 5.75 Å². The molecule has 5 nitrogen and oxygen atoms in total. The van der Waals surface area contributed by atoms with E-state index in [4.69, 9.17) is 4.74 Å². The summed E-state index contributed by atoms with van der Waals surface area (Å²) < 4.78 is 33.0. The Balaban J connectivity index is 1.71. The van der Waals surface area contributed by atoms with Crippen LogP contribution in [0.25, 0.3) is 0 Å². The SMILES string of the molecule is COc1ccc(CCS(=O)(=O)N(CCc2ccccc2)Cc2ccccn2)cc1. The number of aryl methyl sites for hydroxylation is 1. The van der Waals surface area contributed by atoms with Gasteiger partial charge in [0.25, 0.3) is 0 Å². The predicted molar refractivity (Wildman–Crippen MR) is 115 cm³/mol. The first-order valence-corrected chi connectivity index (χ1v) is 11.2. The molecule has 0 radical (unpaired) electrons. The molecule has 0 fully saturated rings. The summed E-state index contributed by atoms with van der Waals surface area (Å²) in [6.45, 7) is 0.699. The molecule has 0 N–H and O–H groups in total. The van der Waals surface area contributed by atoms with Crippen LogP contribution in [0, 0.1) is 0 Å². The molecule has 0 saturated carbocycles. The van der Waals surface area contributed by atoms with Gasteiger partial charge in [0.2, 0.25) is 10.0 Å². The second kappa shape index (κ2) is 10.2. The highest BCUT2D eigenvalue weighted by molar-refractivity contribution is 7.89. The molecule has 0 aliphatic heterocycles. The van der Waals surface area contributed by atoms with Gasteiger partial charge >= 0.3 is 0 Å². The molecule has 3 aromatic rings. The van der Waals surface area contributed by atoms with Crippen molar-refractivity contribution in [2.24, 2.45) is 0 Å². The third-order valence-corrected chi connectivity index (χ3v) is 6.58. The standard InChI is InChI=1S/C23H26N2O3S/c1-28-23-12-10-21(11-13-23)15-18-29(26,27)25(19-22-9-5-6-16-24-22)17-14-20-7-3-2-4-8-20/h2-13,16H,14-15,17-19H2,1H3. The Morgan fingerprint density at radius 2 is 1.55 bits per heavy atom. The zero-order valence-corrected chi connectivity index (χ0v) is 17.4. The van der Waals surface area contributed by atoms with Gasteiger partial charge in [-0.05, 0) is 48.2 Å². The minimum atomic E-state index is -3.44. The zero-order valence-electron chi connectivity index (χ0n) is 16.6. The van der Waals surface area contributed by atoms with Crippen LogP contribution in [0.1, 0.15) is 16.8 Å². The molecule has 152 valence electrons. The van der Waals surface area contributed by atoms with Gasteiger partial charge in [-0.2, -0.15) is 4.31 Å². The third kappa shape index (κ3) is 6.41. The lowest BCUT2D eigenvalue weighted by molar-refractivity contribution is 0.405. The normalized spacial score (nSPS) is 11.5. The van der Waals surface area contributed by atoms with Gasteiger partial charge in [0, 0.05) is 12.7 Å². The van der Waals surface area contributed by atoms with Gasteiger partial charge in [-0.1, -0.05) is 48.5 Å². The van der Waals surface area contributed by atoms with Crippen LogP contribution < -0.4 is 4.74 Å². The number of methoxy groups -OCH3 is 1. The molecule has 0 atom stereocenters. The lowest BCUT2D eigenvalue weighted by atomic mass is 10.1. The molecule has 29 heavy (non-hydrogen) atoms. The van der Waals surface area contributed by atoms with Crippen molar-refractivity contribution in [3.63, 3.8) is 0 Å². The van der Waals surface area contributed by atoms with Crippen molar-refractivity contribution in [2.45, 2.75) is 19.4 Å². The number of aromatic nitrogens is 1. The molecule has 0 aliphatic rings. The Kier molecular flexibility index (Phi) is 7.38. The van der Waals surface area contributed by atoms with E-state index in [0.29, 0.717) is 19.4 Å². The van der Waals surface area contributed by atoms with Crippen LogP contribution in [0.4, 0.5) is 0 Å². The molecule has 0 aliphatic carbocycles. The fourth-order valence-corrected chi connectivity index (χ4v) is 4.51. The van der Waals surface area contributed by atoms with Crippen LogP contribution in [0.5, 0.6) is 5.75 Å². The van der Waals surface area contributed by atoms with E-state index in [1.165, 1.54) is 0 Å². The van der Waals surface area contributed by atoms with Crippen molar-refractivity contribution in [1.82, 2.24) is 9.29 Å². The molecule has 6 heteroatoms. The highest BCUT2D eigenvalue weighted by Gasteiger charge is 2.22. The highest BCUT2D eigenvalue weighted by Crippen LogP contribution is 2.15. The summed E-state index contributed by atoms with van der Waals surface area (Å²) in [4.78, 5) is 4.30. The maximum atomic E-state index is 13.1. The highest BCUT2D eigenvalue weighted by atomic mass is 32.2. The topological polar surface area (TPSA) is 59.5 Å². The number of benzene rings is 2. The first-order chi connectivity index (χ1) is 14.1. The average molecular weight is 411 g/mol. The van der Waals surface area contributed by atoms with E-state index in [2.05, 4.69) is 4.98 Å². The van der Waals surface area contributed by atoms with E-state index < -0.39 is 10.0 Å².